The van der Waals surface area contributed by atoms with Crippen LogP contribution in [0.25, 0.3) is 0 Å². The normalized spacial score (nSPS) is 13.3. The number of amides is 1. The van der Waals surface area contributed by atoms with Crippen LogP contribution >= 0.6 is 0 Å². The number of hydrogen-bond acceptors (Lipinski definition) is 4. The van der Waals surface area contributed by atoms with E-state index in [0.29, 0.717) is 5.89 Å². The SMILES string of the molecule is C[C@@H](NC(=O)OC(C)(C)C)c1ncco1. The third-order valence-electron chi connectivity index (χ3n) is 1.56. The molecule has 1 aromatic rings. The van der Waals surface area contributed by atoms with Crippen molar-refractivity contribution in [3.05, 3.63) is 18.4 Å². The van der Waals surface area contributed by atoms with Crippen molar-refractivity contribution in [2.75, 3.05) is 0 Å². The van der Waals surface area contributed by atoms with Gasteiger partial charge in [-0.2, -0.15) is 0 Å². The van der Waals surface area contributed by atoms with Crippen molar-refractivity contribution >= 4 is 6.09 Å². The fraction of sp³-hybridized carbons (Fsp3) is 0.600. The molecule has 0 aliphatic heterocycles. The van der Waals surface area contributed by atoms with Gasteiger partial charge in [-0.15, -0.1) is 0 Å². The zero-order valence-corrected chi connectivity index (χ0v) is 9.40. The van der Waals surface area contributed by atoms with Crippen molar-refractivity contribution in [2.45, 2.75) is 39.3 Å². The van der Waals surface area contributed by atoms with Gasteiger partial charge in [-0.05, 0) is 27.7 Å². The highest BCUT2D eigenvalue weighted by molar-refractivity contribution is 5.68. The molecule has 0 aliphatic rings. The average Bonchev–Trinajstić information content (AvgIpc) is 2.50. The number of hydrogen-bond donors (Lipinski definition) is 1. The summed E-state index contributed by atoms with van der Waals surface area (Å²) >= 11 is 0. The van der Waals surface area contributed by atoms with Crippen molar-refractivity contribution < 1.29 is 13.9 Å². The number of rotatable bonds is 2. The Kier molecular flexibility index (Phi) is 3.34. The molecular weight excluding hydrogens is 196 g/mol. The summed E-state index contributed by atoms with van der Waals surface area (Å²) in [5.41, 5.74) is -0.500. The van der Waals surface area contributed by atoms with Gasteiger partial charge >= 0.3 is 6.09 Å². The smallest absolute Gasteiger partial charge is 0.408 e. The number of carbonyl (C=O) groups excluding carboxylic acids is 1. The molecule has 1 aromatic heterocycles. The first kappa shape index (κ1) is 11.6. The quantitative estimate of drug-likeness (QED) is 0.816. The Hall–Kier alpha value is -1.52. The summed E-state index contributed by atoms with van der Waals surface area (Å²) in [7, 11) is 0. The van der Waals surface area contributed by atoms with Gasteiger partial charge in [0.25, 0.3) is 0 Å². The van der Waals surface area contributed by atoms with Gasteiger partial charge in [-0.3, -0.25) is 0 Å². The Morgan fingerprint density at radius 2 is 2.27 bits per heavy atom. The number of alkyl carbamates (subject to hydrolysis) is 1. The van der Waals surface area contributed by atoms with Crippen LogP contribution in [0.5, 0.6) is 0 Å². The van der Waals surface area contributed by atoms with E-state index in [2.05, 4.69) is 10.3 Å². The van der Waals surface area contributed by atoms with Crippen molar-refractivity contribution in [2.24, 2.45) is 0 Å². The first-order valence-electron chi connectivity index (χ1n) is 4.77. The predicted octanol–water partition coefficient (Wildman–Crippen LogP) is 2.26. The minimum absolute atomic E-state index is 0.296. The highest BCUT2D eigenvalue weighted by Crippen LogP contribution is 2.11. The minimum atomic E-state index is -0.500. The predicted molar refractivity (Wildman–Crippen MR) is 54.3 cm³/mol. The lowest BCUT2D eigenvalue weighted by Gasteiger charge is -2.20. The Bertz CT molecular complexity index is 314. The van der Waals surface area contributed by atoms with Crippen LogP contribution < -0.4 is 5.32 Å². The molecule has 1 rings (SSSR count). The molecule has 1 heterocycles. The second-order valence-corrected chi connectivity index (χ2v) is 4.24. The third kappa shape index (κ3) is 4.01. The monoisotopic (exact) mass is 212 g/mol. The van der Waals surface area contributed by atoms with E-state index in [1.807, 2.05) is 20.8 Å². The molecule has 84 valence electrons. The molecule has 0 aliphatic carbocycles. The molecule has 0 fully saturated rings. The molecule has 5 nitrogen and oxygen atoms in total. The maximum Gasteiger partial charge on any atom is 0.408 e. The zero-order valence-electron chi connectivity index (χ0n) is 9.40. The van der Waals surface area contributed by atoms with Crippen molar-refractivity contribution in [1.82, 2.24) is 10.3 Å². The summed E-state index contributed by atoms with van der Waals surface area (Å²) in [4.78, 5) is 15.3. The van der Waals surface area contributed by atoms with Crippen LogP contribution in [-0.2, 0) is 4.74 Å². The first-order chi connectivity index (χ1) is 6.88. The van der Waals surface area contributed by atoms with Gasteiger partial charge in [0.15, 0.2) is 0 Å². The molecule has 15 heavy (non-hydrogen) atoms. The van der Waals surface area contributed by atoms with Gasteiger partial charge in [0.1, 0.15) is 17.9 Å². The van der Waals surface area contributed by atoms with Crippen LogP contribution in [0.4, 0.5) is 4.79 Å². The van der Waals surface area contributed by atoms with E-state index in [1.165, 1.54) is 12.5 Å². The van der Waals surface area contributed by atoms with Crippen LogP contribution in [0.2, 0.25) is 0 Å². The second-order valence-electron chi connectivity index (χ2n) is 4.24. The van der Waals surface area contributed by atoms with E-state index in [0.717, 1.165) is 0 Å². The molecule has 1 atom stereocenters. The van der Waals surface area contributed by atoms with Crippen LogP contribution in [0.1, 0.15) is 39.6 Å². The number of oxazole rings is 1. The summed E-state index contributed by atoms with van der Waals surface area (Å²) in [5.74, 6) is 0.459. The van der Waals surface area contributed by atoms with E-state index in [-0.39, 0.29) is 6.04 Å². The molecule has 1 amide bonds. The highest BCUT2D eigenvalue weighted by atomic mass is 16.6. The lowest BCUT2D eigenvalue weighted by atomic mass is 10.2. The molecular formula is C10H16N2O3. The van der Waals surface area contributed by atoms with E-state index >= 15 is 0 Å². The zero-order chi connectivity index (χ0) is 11.5. The summed E-state index contributed by atoms with van der Waals surface area (Å²) < 4.78 is 10.1. The summed E-state index contributed by atoms with van der Waals surface area (Å²) in [6.45, 7) is 7.20. The summed E-state index contributed by atoms with van der Waals surface area (Å²) in [6, 6.07) is -0.296. The summed E-state index contributed by atoms with van der Waals surface area (Å²) in [6.07, 6.45) is 2.51. The van der Waals surface area contributed by atoms with Crippen molar-refractivity contribution in [3.63, 3.8) is 0 Å². The van der Waals surface area contributed by atoms with Crippen LogP contribution in [0, 0.1) is 0 Å². The lowest BCUT2D eigenvalue weighted by molar-refractivity contribution is 0.0501. The van der Waals surface area contributed by atoms with Gasteiger partial charge in [0, 0.05) is 0 Å². The van der Waals surface area contributed by atoms with Crippen molar-refractivity contribution in [3.8, 4) is 0 Å². The fourth-order valence-corrected chi connectivity index (χ4v) is 0.994. The van der Waals surface area contributed by atoms with Crippen molar-refractivity contribution in [1.29, 1.82) is 0 Å². The average molecular weight is 212 g/mol. The third-order valence-corrected chi connectivity index (χ3v) is 1.56. The lowest BCUT2D eigenvalue weighted by Crippen LogP contribution is -2.34. The van der Waals surface area contributed by atoms with Gasteiger partial charge in [-0.1, -0.05) is 0 Å². The molecule has 0 bridgehead atoms. The van der Waals surface area contributed by atoms with Crippen LogP contribution in [-0.4, -0.2) is 16.7 Å². The number of aromatic nitrogens is 1. The molecule has 0 unspecified atom stereocenters. The second kappa shape index (κ2) is 4.33. The molecule has 0 aromatic carbocycles. The van der Waals surface area contributed by atoms with E-state index < -0.39 is 11.7 Å². The van der Waals surface area contributed by atoms with Crippen LogP contribution in [0.15, 0.2) is 16.9 Å². The fourth-order valence-electron chi connectivity index (χ4n) is 0.994. The Morgan fingerprint density at radius 1 is 1.60 bits per heavy atom. The maximum absolute atomic E-state index is 11.4. The Balaban J connectivity index is 2.45. The molecule has 0 saturated heterocycles. The molecule has 5 heteroatoms. The number of nitrogens with one attached hydrogen (secondary N) is 1. The number of ether oxygens (including phenoxy) is 1. The Labute approximate surface area is 88.8 Å². The van der Waals surface area contributed by atoms with E-state index in [1.54, 1.807) is 6.92 Å². The Morgan fingerprint density at radius 3 is 2.73 bits per heavy atom. The van der Waals surface area contributed by atoms with Crippen LogP contribution in [0.3, 0.4) is 0 Å². The van der Waals surface area contributed by atoms with Gasteiger partial charge in [-0.25, -0.2) is 9.78 Å². The standard InChI is InChI=1S/C10H16N2O3/c1-7(8-11-5-6-14-8)12-9(13)15-10(2,3)4/h5-7H,1-4H3,(H,12,13)/t7-/m1/s1. The number of carbonyl (C=O) groups is 1. The largest absolute Gasteiger partial charge is 0.447 e. The van der Waals surface area contributed by atoms with Gasteiger partial charge in [0.05, 0.1) is 6.20 Å². The van der Waals surface area contributed by atoms with Gasteiger partial charge in [0.2, 0.25) is 5.89 Å². The van der Waals surface area contributed by atoms with E-state index in [9.17, 15) is 4.79 Å². The van der Waals surface area contributed by atoms with Gasteiger partial charge < -0.3 is 14.5 Å². The molecule has 0 spiro atoms. The summed E-state index contributed by atoms with van der Waals surface area (Å²) in [5, 5.41) is 2.62. The topological polar surface area (TPSA) is 64.4 Å². The number of nitrogens with zero attached hydrogens (tertiary/aromatic N) is 1. The minimum Gasteiger partial charge on any atom is -0.447 e. The molecule has 1 N–H and O–H groups in total. The highest BCUT2D eigenvalue weighted by Gasteiger charge is 2.19. The molecule has 0 saturated carbocycles. The van der Waals surface area contributed by atoms with E-state index in [4.69, 9.17) is 9.15 Å². The first-order valence-corrected chi connectivity index (χ1v) is 4.77. The maximum atomic E-state index is 11.4. The molecule has 0 radical (unpaired) electrons.